The third-order valence-corrected chi connectivity index (χ3v) is 1.99. The molecule has 0 unspecified atom stereocenters. The van der Waals surface area contributed by atoms with Crippen molar-refractivity contribution in [1.82, 2.24) is 0 Å². The van der Waals surface area contributed by atoms with Crippen molar-refractivity contribution in [3.05, 3.63) is 60.7 Å². The number of ether oxygens (including phenoxy) is 1. The molecule has 2 nitrogen and oxygen atoms in total. The van der Waals surface area contributed by atoms with Crippen LogP contribution in [-0.4, -0.2) is 5.97 Å². The van der Waals surface area contributed by atoms with Gasteiger partial charge in [-0.3, -0.25) is 4.79 Å². The number of rotatable bonds is 4. The van der Waals surface area contributed by atoms with Crippen molar-refractivity contribution >= 4 is 5.97 Å². The van der Waals surface area contributed by atoms with Crippen molar-refractivity contribution in [3.63, 3.8) is 0 Å². The molecule has 15 heavy (non-hydrogen) atoms. The van der Waals surface area contributed by atoms with E-state index in [0.29, 0.717) is 5.57 Å². The summed E-state index contributed by atoms with van der Waals surface area (Å²) in [5.74, 6) is -0.327. The molecule has 0 N–H and O–H groups in total. The van der Waals surface area contributed by atoms with Gasteiger partial charge in [-0.2, -0.15) is 0 Å². The van der Waals surface area contributed by atoms with Crippen LogP contribution in [0.15, 0.2) is 55.1 Å². The van der Waals surface area contributed by atoms with Crippen LogP contribution in [0.1, 0.15) is 18.6 Å². The summed E-state index contributed by atoms with van der Waals surface area (Å²) >= 11 is 0. The summed E-state index contributed by atoms with van der Waals surface area (Å²) < 4.78 is 5.18. The number of carbonyl (C=O) groups is 1. The van der Waals surface area contributed by atoms with Crippen molar-refractivity contribution in [2.24, 2.45) is 0 Å². The SMILES string of the molecule is C=CC(=C)[C@H](OC(C)=O)c1ccccc1. The molecule has 0 amide bonds. The van der Waals surface area contributed by atoms with E-state index in [1.54, 1.807) is 6.08 Å². The lowest BCUT2D eigenvalue weighted by atomic mass is 10.0. The molecule has 1 aromatic carbocycles. The quantitative estimate of drug-likeness (QED) is 0.554. The van der Waals surface area contributed by atoms with Gasteiger partial charge >= 0.3 is 5.97 Å². The predicted molar refractivity (Wildman–Crippen MR) is 60.3 cm³/mol. The molecule has 0 aliphatic heterocycles. The second kappa shape index (κ2) is 5.15. The molecule has 0 fully saturated rings. The van der Waals surface area contributed by atoms with E-state index in [1.165, 1.54) is 6.92 Å². The Bertz CT molecular complexity index is 365. The highest BCUT2D eigenvalue weighted by Gasteiger charge is 2.15. The number of hydrogen-bond donors (Lipinski definition) is 0. The Morgan fingerprint density at radius 3 is 2.47 bits per heavy atom. The molecule has 0 saturated heterocycles. The number of carbonyl (C=O) groups excluding carboxylic acids is 1. The Labute approximate surface area is 89.9 Å². The largest absolute Gasteiger partial charge is 0.453 e. The third kappa shape index (κ3) is 3.09. The summed E-state index contributed by atoms with van der Waals surface area (Å²) in [7, 11) is 0. The van der Waals surface area contributed by atoms with Crippen LogP contribution in [-0.2, 0) is 9.53 Å². The van der Waals surface area contributed by atoms with E-state index in [-0.39, 0.29) is 5.97 Å². The van der Waals surface area contributed by atoms with Crippen LogP contribution in [0, 0.1) is 0 Å². The van der Waals surface area contributed by atoms with Gasteiger partial charge in [0.15, 0.2) is 6.10 Å². The first-order valence-electron chi connectivity index (χ1n) is 4.68. The van der Waals surface area contributed by atoms with Gasteiger partial charge in [0.25, 0.3) is 0 Å². The lowest BCUT2D eigenvalue weighted by molar-refractivity contribution is -0.144. The summed E-state index contributed by atoms with van der Waals surface area (Å²) in [6, 6.07) is 9.47. The van der Waals surface area contributed by atoms with E-state index >= 15 is 0 Å². The molecule has 1 atom stereocenters. The lowest BCUT2D eigenvalue weighted by Gasteiger charge is -2.17. The summed E-state index contributed by atoms with van der Waals surface area (Å²) in [6.07, 6.45) is 1.17. The second-order valence-corrected chi connectivity index (χ2v) is 3.18. The molecule has 0 aliphatic carbocycles. The third-order valence-electron chi connectivity index (χ3n) is 1.99. The van der Waals surface area contributed by atoms with Gasteiger partial charge < -0.3 is 4.74 Å². The van der Waals surface area contributed by atoms with Crippen LogP contribution >= 0.6 is 0 Å². The molecule has 78 valence electrons. The molecule has 0 bridgehead atoms. The fraction of sp³-hybridized carbons (Fsp3) is 0.154. The van der Waals surface area contributed by atoms with E-state index in [9.17, 15) is 4.79 Å². The fourth-order valence-corrected chi connectivity index (χ4v) is 1.26. The van der Waals surface area contributed by atoms with Crippen molar-refractivity contribution in [1.29, 1.82) is 0 Å². The average molecular weight is 202 g/mol. The maximum atomic E-state index is 11.0. The van der Waals surface area contributed by atoms with Gasteiger partial charge in [0, 0.05) is 6.92 Å². The molecule has 1 rings (SSSR count). The first-order valence-corrected chi connectivity index (χ1v) is 4.68. The van der Waals surface area contributed by atoms with Gasteiger partial charge in [-0.15, -0.1) is 0 Å². The molecule has 0 radical (unpaired) electrons. The maximum Gasteiger partial charge on any atom is 0.303 e. The first kappa shape index (κ1) is 11.2. The van der Waals surface area contributed by atoms with E-state index in [4.69, 9.17) is 4.74 Å². The fourth-order valence-electron chi connectivity index (χ4n) is 1.26. The zero-order valence-electron chi connectivity index (χ0n) is 8.77. The van der Waals surface area contributed by atoms with Crippen LogP contribution < -0.4 is 0 Å². The van der Waals surface area contributed by atoms with Gasteiger partial charge in [0.05, 0.1) is 0 Å². The minimum absolute atomic E-state index is 0.327. The standard InChI is InChI=1S/C13H14O2/c1-4-10(2)13(15-11(3)14)12-8-6-5-7-9-12/h4-9,13H,1-2H2,3H3/t13-/m0/s1. The van der Waals surface area contributed by atoms with Crippen LogP contribution in [0.5, 0.6) is 0 Å². The molecule has 0 aromatic heterocycles. The first-order chi connectivity index (χ1) is 7.15. The summed E-state index contributed by atoms with van der Waals surface area (Å²) in [5.41, 5.74) is 1.58. The maximum absolute atomic E-state index is 11.0. The van der Waals surface area contributed by atoms with Crippen LogP contribution in [0.3, 0.4) is 0 Å². The minimum Gasteiger partial charge on any atom is -0.453 e. The normalized spacial score (nSPS) is 11.5. The Kier molecular flexibility index (Phi) is 3.86. The van der Waals surface area contributed by atoms with E-state index in [0.717, 1.165) is 5.56 Å². The molecule has 1 aromatic rings. The molecular formula is C13H14O2. The molecule has 0 spiro atoms. The van der Waals surface area contributed by atoms with Gasteiger partial charge in [-0.25, -0.2) is 0 Å². The van der Waals surface area contributed by atoms with Crippen LogP contribution in [0.4, 0.5) is 0 Å². The highest BCUT2D eigenvalue weighted by molar-refractivity contribution is 5.66. The van der Waals surface area contributed by atoms with Crippen LogP contribution in [0.25, 0.3) is 0 Å². The highest BCUT2D eigenvalue weighted by atomic mass is 16.5. The van der Waals surface area contributed by atoms with E-state index in [2.05, 4.69) is 13.2 Å². The Hall–Kier alpha value is -1.83. The molecule has 0 aliphatic rings. The summed E-state index contributed by atoms with van der Waals surface area (Å²) in [4.78, 5) is 11.0. The zero-order valence-corrected chi connectivity index (χ0v) is 8.77. The number of benzene rings is 1. The smallest absolute Gasteiger partial charge is 0.303 e. The van der Waals surface area contributed by atoms with Crippen molar-refractivity contribution in [2.45, 2.75) is 13.0 Å². The predicted octanol–water partition coefficient (Wildman–Crippen LogP) is 3.03. The van der Waals surface area contributed by atoms with Gasteiger partial charge in [-0.05, 0) is 11.1 Å². The molecule has 0 saturated carbocycles. The van der Waals surface area contributed by atoms with Crippen molar-refractivity contribution in [2.75, 3.05) is 0 Å². The van der Waals surface area contributed by atoms with Crippen LogP contribution in [0.2, 0.25) is 0 Å². The Morgan fingerprint density at radius 2 is 2.00 bits per heavy atom. The summed E-state index contributed by atoms with van der Waals surface area (Å²) in [5, 5.41) is 0. The molecule has 0 heterocycles. The topological polar surface area (TPSA) is 26.3 Å². The van der Waals surface area contributed by atoms with E-state index < -0.39 is 6.10 Å². The zero-order chi connectivity index (χ0) is 11.3. The lowest BCUT2D eigenvalue weighted by Crippen LogP contribution is -2.09. The minimum atomic E-state index is -0.429. The van der Waals surface area contributed by atoms with Gasteiger partial charge in [0.1, 0.15) is 0 Å². The van der Waals surface area contributed by atoms with Crippen molar-refractivity contribution in [3.8, 4) is 0 Å². The van der Waals surface area contributed by atoms with Gasteiger partial charge in [0.2, 0.25) is 0 Å². The second-order valence-electron chi connectivity index (χ2n) is 3.18. The van der Waals surface area contributed by atoms with Gasteiger partial charge in [-0.1, -0.05) is 49.6 Å². The number of hydrogen-bond acceptors (Lipinski definition) is 2. The molecule has 2 heteroatoms. The van der Waals surface area contributed by atoms with Crippen molar-refractivity contribution < 1.29 is 9.53 Å². The Morgan fingerprint density at radius 1 is 1.40 bits per heavy atom. The summed E-state index contributed by atoms with van der Waals surface area (Å²) in [6.45, 7) is 8.81. The molecular weight excluding hydrogens is 188 g/mol. The average Bonchev–Trinajstić information content (AvgIpc) is 2.26. The highest BCUT2D eigenvalue weighted by Crippen LogP contribution is 2.25. The Balaban J connectivity index is 2.96. The number of esters is 1. The monoisotopic (exact) mass is 202 g/mol. The van der Waals surface area contributed by atoms with E-state index in [1.807, 2.05) is 30.3 Å².